The Labute approximate surface area is 203 Å². The van der Waals surface area contributed by atoms with Crippen LogP contribution in [0, 0.1) is 0 Å². The van der Waals surface area contributed by atoms with Gasteiger partial charge in [-0.3, -0.25) is 9.59 Å². The van der Waals surface area contributed by atoms with Gasteiger partial charge in [0.15, 0.2) is 11.0 Å². The van der Waals surface area contributed by atoms with Crippen LogP contribution in [0.3, 0.4) is 0 Å². The molecule has 0 saturated heterocycles. The zero-order valence-corrected chi connectivity index (χ0v) is 20.4. The van der Waals surface area contributed by atoms with E-state index >= 15 is 0 Å². The third-order valence-corrected chi connectivity index (χ3v) is 6.56. The molecule has 0 radical (unpaired) electrons. The molecule has 1 heterocycles. The van der Waals surface area contributed by atoms with Crippen LogP contribution in [0.5, 0.6) is 0 Å². The number of nitrogens with zero attached hydrogens (tertiary/aromatic N) is 3. The molecule has 0 unspecified atom stereocenters. The van der Waals surface area contributed by atoms with Crippen molar-refractivity contribution in [2.45, 2.75) is 24.7 Å². The summed E-state index contributed by atoms with van der Waals surface area (Å²) in [4.78, 5) is 24.9. The highest BCUT2D eigenvalue weighted by molar-refractivity contribution is 9.10. The zero-order valence-electron chi connectivity index (χ0n) is 17.2. The third kappa shape index (κ3) is 6.21. The molecule has 2 aromatic carbocycles. The molecule has 0 spiro atoms. The molecular formula is C22H21BrClN5O2S. The second-order valence-electron chi connectivity index (χ2n) is 6.77. The van der Waals surface area contributed by atoms with E-state index in [2.05, 4.69) is 43.3 Å². The van der Waals surface area contributed by atoms with Gasteiger partial charge in [-0.15, -0.1) is 16.8 Å². The lowest BCUT2D eigenvalue weighted by Gasteiger charge is -2.15. The fourth-order valence-corrected chi connectivity index (χ4v) is 4.04. The van der Waals surface area contributed by atoms with Gasteiger partial charge in [-0.1, -0.05) is 47.6 Å². The monoisotopic (exact) mass is 533 g/mol. The normalized spacial score (nSPS) is 11.6. The van der Waals surface area contributed by atoms with Gasteiger partial charge in [-0.2, -0.15) is 0 Å². The third-order valence-electron chi connectivity index (χ3n) is 4.36. The van der Waals surface area contributed by atoms with E-state index in [1.807, 2.05) is 29.7 Å². The molecule has 32 heavy (non-hydrogen) atoms. The Bertz CT molecular complexity index is 1120. The average Bonchev–Trinajstić information content (AvgIpc) is 3.18. The Morgan fingerprint density at radius 3 is 2.69 bits per heavy atom. The van der Waals surface area contributed by atoms with Gasteiger partial charge in [0, 0.05) is 22.3 Å². The van der Waals surface area contributed by atoms with E-state index in [9.17, 15) is 9.59 Å². The zero-order chi connectivity index (χ0) is 23.1. The van der Waals surface area contributed by atoms with Crippen LogP contribution in [0.4, 0.5) is 5.69 Å². The maximum atomic E-state index is 12.5. The lowest BCUT2D eigenvalue weighted by molar-refractivity contribution is -0.113. The van der Waals surface area contributed by atoms with Crippen molar-refractivity contribution in [1.82, 2.24) is 20.1 Å². The number of anilines is 1. The molecule has 10 heteroatoms. The molecular weight excluding hydrogens is 514 g/mol. The van der Waals surface area contributed by atoms with Crippen molar-refractivity contribution in [2.24, 2.45) is 0 Å². The van der Waals surface area contributed by atoms with Crippen molar-refractivity contribution in [1.29, 1.82) is 0 Å². The Hall–Kier alpha value is -2.62. The molecule has 0 aliphatic rings. The van der Waals surface area contributed by atoms with E-state index in [0.29, 0.717) is 33.8 Å². The molecule has 1 aromatic heterocycles. The van der Waals surface area contributed by atoms with Gasteiger partial charge in [0.05, 0.1) is 16.8 Å². The Morgan fingerprint density at radius 2 is 2.00 bits per heavy atom. The van der Waals surface area contributed by atoms with Gasteiger partial charge in [0.1, 0.15) is 0 Å². The first-order chi connectivity index (χ1) is 15.4. The van der Waals surface area contributed by atoms with E-state index in [1.54, 1.807) is 36.4 Å². The lowest BCUT2D eigenvalue weighted by atomic mass is 10.2. The smallest absolute Gasteiger partial charge is 0.251 e. The van der Waals surface area contributed by atoms with E-state index < -0.39 is 0 Å². The summed E-state index contributed by atoms with van der Waals surface area (Å²) in [6.07, 6.45) is 1.71. The van der Waals surface area contributed by atoms with Crippen molar-refractivity contribution in [3.05, 3.63) is 82.1 Å². The highest BCUT2D eigenvalue weighted by Gasteiger charge is 2.20. The Kier molecular flexibility index (Phi) is 8.49. The summed E-state index contributed by atoms with van der Waals surface area (Å²) >= 11 is 10.6. The summed E-state index contributed by atoms with van der Waals surface area (Å²) in [5.41, 5.74) is 1.17. The number of allylic oxidation sites excluding steroid dienone is 1. The van der Waals surface area contributed by atoms with Gasteiger partial charge in [0.2, 0.25) is 5.91 Å². The minimum atomic E-state index is -0.386. The predicted octanol–water partition coefficient (Wildman–Crippen LogP) is 5.10. The summed E-state index contributed by atoms with van der Waals surface area (Å²) in [5, 5.41) is 15.3. The number of rotatable bonds is 9. The molecule has 0 saturated carbocycles. The fourth-order valence-electron chi connectivity index (χ4n) is 2.86. The SMILES string of the molecule is C=CCn1c(SCC(=O)Nc2ccc(Br)c(Cl)c2)nnc1[C@H](C)NC(=O)c1ccccc1. The molecule has 0 aliphatic heterocycles. The number of benzene rings is 2. The maximum Gasteiger partial charge on any atom is 0.251 e. The number of hydrogen-bond acceptors (Lipinski definition) is 5. The minimum Gasteiger partial charge on any atom is -0.342 e. The highest BCUT2D eigenvalue weighted by Crippen LogP contribution is 2.26. The van der Waals surface area contributed by atoms with Crippen molar-refractivity contribution >= 4 is 56.8 Å². The van der Waals surface area contributed by atoms with Crippen LogP contribution in [-0.2, 0) is 11.3 Å². The first-order valence-electron chi connectivity index (χ1n) is 9.66. The first-order valence-corrected chi connectivity index (χ1v) is 11.8. The molecule has 0 aliphatic carbocycles. The second kappa shape index (κ2) is 11.3. The summed E-state index contributed by atoms with van der Waals surface area (Å²) < 4.78 is 2.59. The molecule has 3 rings (SSSR count). The number of halogens is 2. The molecule has 2 N–H and O–H groups in total. The fraction of sp³-hybridized carbons (Fsp3) is 0.182. The van der Waals surface area contributed by atoms with Crippen LogP contribution in [0.25, 0.3) is 0 Å². The topological polar surface area (TPSA) is 88.9 Å². The summed E-state index contributed by atoms with van der Waals surface area (Å²) in [6, 6.07) is 13.8. The highest BCUT2D eigenvalue weighted by atomic mass is 79.9. The van der Waals surface area contributed by atoms with Gasteiger partial charge in [-0.25, -0.2) is 0 Å². The van der Waals surface area contributed by atoms with E-state index in [1.165, 1.54) is 11.8 Å². The molecule has 1 atom stereocenters. The molecule has 0 bridgehead atoms. The molecule has 0 fully saturated rings. The lowest BCUT2D eigenvalue weighted by Crippen LogP contribution is -2.28. The van der Waals surface area contributed by atoms with Crippen LogP contribution < -0.4 is 10.6 Å². The maximum absolute atomic E-state index is 12.5. The number of carbonyl (C=O) groups is 2. The van der Waals surface area contributed by atoms with Crippen molar-refractivity contribution in [3.8, 4) is 0 Å². The van der Waals surface area contributed by atoms with Crippen molar-refractivity contribution in [3.63, 3.8) is 0 Å². The summed E-state index contributed by atoms with van der Waals surface area (Å²) in [5.74, 6) is 0.312. The van der Waals surface area contributed by atoms with Crippen molar-refractivity contribution in [2.75, 3.05) is 11.1 Å². The largest absolute Gasteiger partial charge is 0.342 e. The second-order valence-corrected chi connectivity index (χ2v) is 8.97. The predicted molar refractivity (Wildman–Crippen MR) is 131 cm³/mol. The number of amides is 2. The van der Waals surface area contributed by atoms with Crippen LogP contribution in [0.15, 0.2) is 70.8 Å². The van der Waals surface area contributed by atoms with E-state index in [0.717, 1.165) is 4.47 Å². The van der Waals surface area contributed by atoms with E-state index in [-0.39, 0.29) is 23.6 Å². The molecule has 3 aromatic rings. The minimum absolute atomic E-state index is 0.133. The molecule has 166 valence electrons. The Balaban J connectivity index is 1.65. The van der Waals surface area contributed by atoms with Crippen molar-refractivity contribution < 1.29 is 9.59 Å². The van der Waals surface area contributed by atoms with Gasteiger partial charge in [-0.05, 0) is 53.2 Å². The number of thioether (sulfide) groups is 1. The number of hydrogen-bond donors (Lipinski definition) is 2. The molecule has 7 nitrogen and oxygen atoms in total. The molecule has 2 amide bonds. The first kappa shape index (κ1) is 24.0. The summed E-state index contributed by atoms with van der Waals surface area (Å²) in [6.45, 7) is 6.06. The summed E-state index contributed by atoms with van der Waals surface area (Å²) in [7, 11) is 0. The van der Waals surface area contributed by atoms with Gasteiger partial charge < -0.3 is 15.2 Å². The van der Waals surface area contributed by atoms with Crippen LogP contribution in [0.2, 0.25) is 5.02 Å². The number of aromatic nitrogens is 3. The van der Waals surface area contributed by atoms with Gasteiger partial charge >= 0.3 is 0 Å². The quantitative estimate of drug-likeness (QED) is 0.294. The van der Waals surface area contributed by atoms with Crippen LogP contribution in [0.1, 0.15) is 29.1 Å². The number of nitrogens with one attached hydrogen (secondary N) is 2. The standard InChI is InChI=1S/C22H21BrClN5O2S/c1-3-11-29-20(14(2)25-21(31)15-7-5-4-6-8-15)27-28-22(29)32-13-19(30)26-16-9-10-17(23)18(24)12-16/h3-10,12,14H,1,11,13H2,2H3,(H,25,31)(H,26,30)/t14-/m0/s1. The van der Waals surface area contributed by atoms with Gasteiger partial charge in [0.25, 0.3) is 5.91 Å². The Morgan fingerprint density at radius 1 is 1.25 bits per heavy atom. The van der Waals surface area contributed by atoms with Crippen LogP contribution in [-0.4, -0.2) is 32.3 Å². The van der Waals surface area contributed by atoms with E-state index in [4.69, 9.17) is 11.6 Å². The average molecular weight is 535 g/mol. The number of carbonyl (C=O) groups excluding carboxylic acids is 2. The van der Waals surface area contributed by atoms with Crippen LogP contribution >= 0.6 is 39.3 Å².